The van der Waals surface area contributed by atoms with Crippen LogP contribution in [0.4, 0.5) is 5.69 Å². The Bertz CT molecular complexity index is 493. The van der Waals surface area contributed by atoms with E-state index in [9.17, 15) is 9.59 Å². The number of benzene rings is 1. The van der Waals surface area contributed by atoms with Crippen LogP contribution in [0.2, 0.25) is 0 Å². The summed E-state index contributed by atoms with van der Waals surface area (Å²) < 4.78 is 0. The maximum absolute atomic E-state index is 12.2. The fraction of sp³-hybridized carbons (Fsp3) is 0.429. The molecule has 0 saturated heterocycles. The average molecular weight is 298 g/mol. The molecule has 1 aliphatic heterocycles. The molecule has 0 fully saturated rings. The summed E-state index contributed by atoms with van der Waals surface area (Å²) in [6.45, 7) is 1.01. The molecule has 110 valence electrons. The van der Waals surface area contributed by atoms with Crippen molar-refractivity contribution in [1.29, 1.82) is 0 Å². The first-order chi connectivity index (χ1) is 9.13. The summed E-state index contributed by atoms with van der Waals surface area (Å²) in [4.78, 5) is 25.3. The predicted molar refractivity (Wildman–Crippen MR) is 81.0 cm³/mol. The Labute approximate surface area is 124 Å². The van der Waals surface area contributed by atoms with E-state index in [1.807, 2.05) is 31.3 Å². The molecule has 1 atom stereocenters. The number of hydrogen-bond acceptors (Lipinski definition) is 3. The lowest BCUT2D eigenvalue weighted by molar-refractivity contribution is -0.122. The lowest BCUT2D eigenvalue weighted by atomic mass is 9.92. The molecule has 20 heavy (non-hydrogen) atoms. The second-order valence-corrected chi connectivity index (χ2v) is 4.79. The number of amides is 2. The number of primary amides is 1. The smallest absolute Gasteiger partial charge is 0.228 e. The van der Waals surface area contributed by atoms with Crippen molar-refractivity contribution in [3.8, 4) is 0 Å². The van der Waals surface area contributed by atoms with Crippen molar-refractivity contribution in [3.05, 3.63) is 29.8 Å². The molecule has 1 heterocycles. The van der Waals surface area contributed by atoms with Gasteiger partial charge in [0.15, 0.2) is 0 Å². The summed E-state index contributed by atoms with van der Waals surface area (Å²) >= 11 is 0. The summed E-state index contributed by atoms with van der Waals surface area (Å²) in [5.74, 6) is -0.623. The summed E-state index contributed by atoms with van der Waals surface area (Å²) in [5.41, 5.74) is 7.31. The summed E-state index contributed by atoms with van der Waals surface area (Å²) in [6.07, 6.45) is 1.03. The Morgan fingerprint density at radius 3 is 2.75 bits per heavy atom. The number of halogens is 1. The average Bonchev–Trinajstić information content (AvgIpc) is 2.43. The SMILES string of the molecule is CNCCC(=O)N1CC(C(N)=O)Cc2ccccc21.Cl. The quantitative estimate of drug-likeness (QED) is 0.859. The Balaban J connectivity index is 0.00000200. The number of rotatable bonds is 4. The number of nitrogens with two attached hydrogens (primary N) is 1. The van der Waals surface area contributed by atoms with Crippen molar-refractivity contribution in [2.45, 2.75) is 12.8 Å². The Hall–Kier alpha value is -1.59. The molecule has 1 aromatic rings. The van der Waals surface area contributed by atoms with Crippen molar-refractivity contribution >= 4 is 29.9 Å². The van der Waals surface area contributed by atoms with Crippen LogP contribution in [0.15, 0.2) is 24.3 Å². The molecule has 6 heteroatoms. The van der Waals surface area contributed by atoms with E-state index in [0.717, 1.165) is 11.3 Å². The van der Waals surface area contributed by atoms with Gasteiger partial charge in [-0.15, -0.1) is 12.4 Å². The number of fused-ring (bicyclic) bond motifs is 1. The summed E-state index contributed by atoms with van der Waals surface area (Å²) in [7, 11) is 1.81. The number of para-hydroxylation sites is 1. The van der Waals surface area contributed by atoms with E-state index in [4.69, 9.17) is 5.73 Å². The van der Waals surface area contributed by atoms with Gasteiger partial charge in [0.05, 0.1) is 5.92 Å². The van der Waals surface area contributed by atoms with E-state index in [1.165, 1.54) is 0 Å². The molecule has 2 rings (SSSR count). The second-order valence-electron chi connectivity index (χ2n) is 4.79. The van der Waals surface area contributed by atoms with Crippen molar-refractivity contribution in [2.24, 2.45) is 11.7 Å². The third-order valence-corrected chi connectivity index (χ3v) is 3.44. The Morgan fingerprint density at radius 1 is 1.40 bits per heavy atom. The molecule has 3 N–H and O–H groups in total. The zero-order chi connectivity index (χ0) is 13.8. The van der Waals surface area contributed by atoms with Crippen LogP contribution < -0.4 is 16.0 Å². The highest BCUT2D eigenvalue weighted by Crippen LogP contribution is 2.29. The molecule has 0 aromatic heterocycles. The zero-order valence-electron chi connectivity index (χ0n) is 11.5. The van der Waals surface area contributed by atoms with E-state index in [2.05, 4.69) is 5.32 Å². The lowest BCUT2D eigenvalue weighted by Crippen LogP contribution is -2.45. The number of nitrogens with one attached hydrogen (secondary N) is 1. The van der Waals surface area contributed by atoms with Gasteiger partial charge in [-0.1, -0.05) is 18.2 Å². The molecular weight excluding hydrogens is 278 g/mol. The van der Waals surface area contributed by atoms with Gasteiger partial charge in [-0.05, 0) is 25.1 Å². The zero-order valence-corrected chi connectivity index (χ0v) is 12.3. The van der Waals surface area contributed by atoms with Gasteiger partial charge in [0.1, 0.15) is 0 Å². The lowest BCUT2D eigenvalue weighted by Gasteiger charge is -2.33. The molecule has 0 radical (unpaired) electrons. The van der Waals surface area contributed by atoms with Crippen LogP contribution in [-0.4, -0.2) is 32.0 Å². The minimum Gasteiger partial charge on any atom is -0.369 e. The largest absolute Gasteiger partial charge is 0.369 e. The van der Waals surface area contributed by atoms with Crippen molar-refractivity contribution in [1.82, 2.24) is 5.32 Å². The van der Waals surface area contributed by atoms with Gasteiger partial charge in [0.25, 0.3) is 0 Å². The molecular formula is C14H20ClN3O2. The fourth-order valence-corrected chi connectivity index (χ4v) is 2.39. The maximum Gasteiger partial charge on any atom is 0.228 e. The fourth-order valence-electron chi connectivity index (χ4n) is 2.39. The van der Waals surface area contributed by atoms with Crippen LogP contribution in [0.5, 0.6) is 0 Å². The number of carbonyl (C=O) groups excluding carboxylic acids is 2. The van der Waals surface area contributed by atoms with Crippen LogP contribution in [-0.2, 0) is 16.0 Å². The van der Waals surface area contributed by atoms with Gasteiger partial charge in [0.2, 0.25) is 11.8 Å². The molecule has 1 aliphatic rings. The maximum atomic E-state index is 12.2. The third kappa shape index (κ3) is 3.49. The first kappa shape index (κ1) is 16.5. The van der Waals surface area contributed by atoms with Gasteiger partial charge >= 0.3 is 0 Å². The normalized spacial score (nSPS) is 17.1. The molecule has 2 amide bonds. The van der Waals surface area contributed by atoms with E-state index >= 15 is 0 Å². The topological polar surface area (TPSA) is 75.4 Å². The molecule has 0 saturated carbocycles. The standard InChI is InChI=1S/C14H19N3O2.ClH/c1-16-7-6-13(18)17-9-11(14(15)19)8-10-4-2-3-5-12(10)17;/h2-5,11,16H,6-9H2,1H3,(H2,15,19);1H. The van der Waals surface area contributed by atoms with E-state index in [0.29, 0.717) is 25.9 Å². The van der Waals surface area contributed by atoms with Gasteiger partial charge in [-0.25, -0.2) is 0 Å². The highest BCUT2D eigenvalue weighted by molar-refractivity contribution is 5.96. The van der Waals surface area contributed by atoms with Crippen LogP contribution in [0.3, 0.4) is 0 Å². The predicted octanol–water partition coefficient (Wildman–Crippen LogP) is 0.709. The monoisotopic (exact) mass is 297 g/mol. The number of nitrogens with zero attached hydrogens (tertiary/aromatic N) is 1. The Morgan fingerprint density at radius 2 is 2.10 bits per heavy atom. The van der Waals surface area contributed by atoms with Crippen molar-refractivity contribution in [3.63, 3.8) is 0 Å². The van der Waals surface area contributed by atoms with Gasteiger partial charge in [0, 0.05) is 25.2 Å². The molecule has 0 aliphatic carbocycles. The third-order valence-electron chi connectivity index (χ3n) is 3.44. The van der Waals surface area contributed by atoms with E-state index in [-0.39, 0.29) is 30.1 Å². The van der Waals surface area contributed by atoms with Crippen LogP contribution in [0.1, 0.15) is 12.0 Å². The van der Waals surface area contributed by atoms with E-state index in [1.54, 1.807) is 4.90 Å². The minimum atomic E-state index is -0.346. The van der Waals surface area contributed by atoms with Gasteiger partial charge in [-0.3, -0.25) is 9.59 Å². The number of anilines is 1. The minimum absolute atomic E-state index is 0. The van der Waals surface area contributed by atoms with Crippen LogP contribution in [0, 0.1) is 5.92 Å². The summed E-state index contributed by atoms with van der Waals surface area (Å²) in [5, 5.41) is 2.96. The first-order valence-corrected chi connectivity index (χ1v) is 6.45. The highest BCUT2D eigenvalue weighted by atomic mass is 35.5. The van der Waals surface area contributed by atoms with Crippen molar-refractivity contribution in [2.75, 3.05) is 25.0 Å². The van der Waals surface area contributed by atoms with E-state index < -0.39 is 0 Å². The number of carbonyl (C=O) groups is 2. The molecule has 1 unspecified atom stereocenters. The molecule has 0 bridgehead atoms. The molecule has 5 nitrogen and oxygen atoms in total. The second kappa shape index (κ2) is 7.26. The molecule has 0 spiro atoms. The van der Waals surface area contributed by atoms with Gasteiger partial charge < -0.3 is 16.0 Å². The van der Waals surface area contributed by atoms with Gasteiger partial charge in [-0.2, -0.15) is 0 Å². The van der Waals surface area contributed by atoms with Crippen LogP contribution in [0.25, 0.3) is 0 Å². The Kier molecular flexibility index (Phi) is 5.98. The highest BCUT2D eigenvalue weighted by Gasteiger charge is 2.30. The first-order valence-electron chi connectivity index (χ1n) is 6.45. The van der Waals surface area contributed by atoms with Crippen LogP contribution >= 0.6 is 12.4 Å². The summed E-state index contributed by atoms with van der Waals surface area (Å²) in [6, 6.07) is 7.69. The molecule has 1 aromatic carbocycles. The number of hydrogen-bond donors (Lipinski definition) is 2. The van der Waals surface area contributed by atoms with Crippen molar-refractivity contribution < 1.29 is 9.59 Å².